The number of hydrogen-bond donors (Lipinski definition) is 1. The fourth-order valence-corrected chi connectivity index (χ4v) is 2.25. The largest absolute Gasteiger partial charge is 0.481 e. The molecular formula is C14H16O3. The van der Waals surface area contributed by atoms with Crippen LogP contribution in [0.15, 0.2) is 28.7 Å². The van der Waals surface area contributed by atoms with Crippen molar-refractivity contribution in [2.75, 3.05) is 0 Å². The maximum absolute atomic E-state index is 10.9. The predicted octanol–water partition coefficient (Wildman–Crippen LogP) is 3.49. The summed E-state index contributed by atoms with van der Waals surface area (Å²) in [6.07, 6.45) is 0.107. The van der Waals surface area contributed by atoms with Crippen molar-refractivity contribution in [2.45, 2.75) is 32.6 Å². The Morgan fingerprint density at radius 1 is 1.41 bits per heavy atom. The van der Waals surface area contributed by atoms with Crippen LogP contribution in [0.4, 0.5) is 0 Å². The molecule has 2 aromatic rings. The summed E-state index contributed by atoms with van der Waals surface area (Å²) in [4.78, 5) is 10.9. The van der Waals surface area contributed by atoms with Crippen molar-refractivity contribution < 1.29 is 14.3 Å². The van der Waals surface area contributed by atoms with Gasteiger partial charge in [0.2, 0.25) is 0 Å². The van der Waals surface area contributed by atoms with Gasteiger partial charge in [-0.05, 0) is 24.6 Å². The highest BCUT2D eigenvalue weighted by atomic mass is 16.4. The van der Waals surface area contributed by atoms with E-state index in [0.29, 0.717) is 0 Å². The van der Waals surface area contributed by atoms with Crippen LogP contribution in [0.1, 0.15) is 31.6 Å². The maximum Gasteiger partial charge on any atom is 0.304 e. The Morgan fingerprint density at radius 2 is 2.12 bits per heavy atom. The van der Waals surface area contributed by atoms with Gasteiger partial charge in [0.05, 0.1) is 6.42 Å². The minimum Gasteiger partial charge on any atom is -0.481 e. The number of carboxylic acids is 1. The zero-order valence-corrected chi connectivity index (χ0v) is 10.3. The highest BCUT2D eigenvalue weighted by Gasteiger charge is 2.26. The van der Waals surface area contributed by atoms with Gasteiger partial charge in [0, 0.05) is 10.8 Å². The molecule has 0 atom stereocenters. The van der Waals surface area contributed by atoms with E-state index in [2.05, 4.69) is 0 Å². The van der Waals surface area contributed by atoms with Crippen LogP contribution in [-0.4, -0.2) is 11.1 Å². The Labute approximate surface area is 100 Å². The molecule has 0 bridgehead atoms. The average molecular weight is 232 g/mol. The molecule has 2 rings (SSSR count). The summed E-state index contributed by atoms with van der Waals surface area (Å²) in [5, 5.41) is 9.97. The summed E-state index contributed by atoms with van der Waals surface area (Å²) in [6, 6.07) is 7.75. The number of aryl methyl sites for hydroxylation is 1. The van der Waals surface area contributed by atoms with E-state index in [0.717, 1.165) is 22.3 Å². The minimum atomic E-state index is -0.785. The molecule has 1 aromatic heterocycles. The van der Waals surface area contributed by atoms with Gasteiger partial charge in [-0.2, -0.15) is 0 Å². The van der Waals surface area contributed by atoms with Crippen molar-refractivity contribution in [3.63, 3.8) is 0 Å². The molecule has 0 radical (unpaired) electrons. The maximum atomic E-state index is 10.9. The zero-order valence-electron chi connectivity index (χ0n) is 10.3. The molecule has 0 amide bonds. The summed E-state index contributed by atoms with van der Waals surface area (Å²) in [5.41, 5.74) is 1.44. The molecule has 0 fully saturated rings. The Morgan fingerprint density at radius 3 is 2.76 bits per heavy atom. The van der Waals surface area contributed by atoms with E-state index < -0.39 is 11.4 Å². The number of furan rings is 1. The number of carboxylic acid groups (broad SMARTS) is 1. The van der Waals surface area contributed by atoms with Crippen LogP contribution in [0.25, 0.3) is 11.0 Å². The van der Waals surface area contributed by atoms with Crippen molar-refractivity contribution in [1.29, 1.82) is 0 Å². The molecule has 0 aliphatic rings. The van der Waals surface area contributed by atoms with Crippen LogP contribution in [0.3, 0.4) is 0 Å². The smallest absolute Gasteiger partial charge is 0.304 e. The lowest BCUT2D eigenvalue weighted by atomic mass is 9.80. The molecule has 3 nitrogen and oxygen atoms in total. The van der Waals surface area contributed by atoms with Crippen LogP contribution < -0.4 is 0 Å². The van der Waals surface area contributed by atoms with Crippen LogP contribution in [0.2, 0.25) is 0 Å². The Bertz CT molecular complexity index is 564. The van der Waals surface area contributed by atoms with E-state index in [1.807, 2.05) is 45.0 Å². The molecule has 90 valence electrons. The standard InChI is InChI=1S/C14H16O3/c1-9-7-10-11(5-4-6-12(10)17-9)14(2,3)8-13(15)16/h4-7H,8H2,1-3H3,(H,15,16). The lowest BCUT2D eigenvalue weighted by molar-refractivity contribution is -0.138. The van der Waals surface area contributed by atoms with E-state index in [1.54, 1.807) is 0 Å². The second-order valence-corrected chi connectivity index (χ2v) is 5.03. The van der Waals surface area contributed by atoms with Crippen LogP contribution in [-0.2, 0) is 10.2 Å². The van der Waals surface area contributed by atoms with E-state index in [1.165, 1.54) is 0 Å². The molecule has 0 unspecified atom stereocenters. The second-order valence-electron chi connectivity index (χ2n) is 5.03. The van der Waals surface area contributed by atoms with E-state index in [9.17, 15) is 4.79 Å². The number of hydrogen-bond acceptors (Lipinski definition) is 2. The number of benzene rings is 1. The predicted molar refractivity (Wildman–Crippen MR) is 66.2 cm³/mol. The van der Waals surface area contributed by atoms with Gasteiger partial charge in [-0.1, -0.05) is 26.0 Å². The molecular weight excluding hydrogens is 216 g/mol. The van der Waals surface area contributed by atoms with E-state index in [4.69, 9.17) is 9.52 Å². The van der Waals surface area contributed by atoms with Gasteiger partial charge in [0.15, 0.2) is 0 Å². The summed E-state index contributed by atoms with van der Waals surface area (Å²) >= 11 is 0. The van der Waals surface area contributed by atoms with Gasteiger partial charge < -0.3 is 9.52 Å². The number of fused-ring (bicyclic) bond motifs is 1. The third-order valence-electron chi connectivity index (χ3n) is 3.01. The average Bonchev–Trinajstić information content (AvgIpc) is 2.54. The lowest BCUT2D eigenvalue weighted by Crippen LogP contribution is -2.21. The molecule has 0 saturated carbocycles. The van der Waals surface area contributed by atoms with Crippen LogP contribution in [0, 0.1) is 6.92 Å². The first-order chi connectivity index (χ1) is 7.90. The first-order valence-corrected chi connectivity index (χ1v) is 5.61. The Balaban J connectivity index is 2.57. The SMILES string of the molecule is Cc1cc2c(C(C)(C)CC(=O)O)cccc2o1. The number of carbonyl (C=O) groups is 1. The minimum absolute atomic E-state index is 0.107. The lowest BCUT2D eigenvalue weighted by Gasteiger charge is -2.23. The van der Waals surface area contributed by atoms with Gasteiger partial charge in [-0.25, -0.2) is 0 Å². The van der Waals surface area contributed by atoms with Gasteiger partial charge in [0.25, 0.3) is 0 Å². The summed E-state index contributed by atoms with van der Waals surface area (Å²) in [7, 11) is 0. The van der Waals surface area contributed by atoms with Crippen LogP contribution in [0.5, 0.6) is 0 Å². The fourth-order valence-electron chi connectivity index (χ4n) is 2.25. The van der Waals surface area contributed by atoms with Crippen molar-refractivity contribution in [1.82, 2.24) is 0 Å². The molecule has 1 aromatic carbocycles. The Hall–Kier alpha value is -1.77. The fraction of sp³-hybridized carbons (Fsp3) is 0.357. The zero-order chi connectivity index (χ0) is 12.6. The summed E-state index contributed by atoms with van der Waals surface area (Å²) in [5.74, 6) is 0.0609. The van der Waals surface area contributed by atoms with Gasteiger partial charge in [-0.3, -0.25) is 4.79 Å². The van der Waals surface area contributed by atoms with Gasteiger partial charge >= 0.3 is 5.97 Å². The molecule has 0 aliphatic carbocycles. The first-order valence-electron chi connectivity index (χ1n) is 5.61. The molecule has 0 spiro atoms. The monoisotopic (exact) mass is 232 g/mol. The molecule has 1 N–H and O–H groups in total. The molecule has 3 heteroatoms. The second kappa shape index (κ2) is 3.91. The molecule has 0 aliphatic heterocycles. The van der Waals surface area contributed by atoms with Crippen molar-refractivity contribution in [2.24, 2.45) is 0 Å². The molecule has 17 heavy (non-hydrogen) atoms. The first kappa shape index (κ1) is 11.7. The highest BCUT2D eigenvalue weighted by molar-refractivity contribution is 5.83. The van der Waals surface area contributed by atoms with E-state index in [-0.39, 0.29) is 6.42 Å². The quantitative estimate of drug-likeness (QED) is 0.881. The summed E-state index contributed by atoms with van der Waals surface area (Å²) in [6.45, 7) is 5.78. The van der Waals surface area contributed by atoms with Crippen molar-refractivity contribution in [3.8, 4) is 0 Å². The van der Waals surface area contributed by atoms with E-state index >= 15 is 0 Å². The van der Waals surface area contributed by atoms with Gasteiger partial charge in [-0.15, -0.1) is 0 Å². The van der Waals surface area contributed by atoms with Crippen LogP contribution >= 0.6 is 0 Å². The molecule has 0 saturated heterocycles. The number of rotatable bonds is 3. The third kappa shape index (κ3) is 2.18. The highest BCUT2D eigenvalue weighted by Crippen LogP contribution is 2.34. The van der Waals surface area contributed by atoms with Crippen molar-refractivity contribution in [3.05, 3.63) is 35.6 Å². The van der Waals surface area contributed by atoms with Gasteiger partial charge in [0.1, 0.15) is 11.3 Å². The normalized spacial score (nSPS) is 11.9. The third-order valence-corrected chi connectivity index (χ3v) is 3.01. The Kier molecular flexibility index (Phi) is 2.69. The topological polar surface area (TPSA) is 50.4 Å². The summed E-state index contributed by atoms with van der Waals surface area (Å²) < 4.78 is 5.56. The molecule has 1 heterocycles. The van der Waals surface area contributed by atoms with Crippen molar-refractivity contribution >= 4 is 16.9 Å². The number of aliphatic carboxylic acids is 1.